The molecule has 0 amide bonds. The second-order valence-electron chi connectivity index (χ2n) is 3.45. The molecule has 0 bridgehead atoms. The molecule has 0 spiro atoms. The Balaban J connectivity index is 2.61. The van der Waals surface area contributed by atoms with Gasteiger partial charge in [0.2, 0.25) is 0 Å². The molecule has 17 heavy (non-hydrogen) atoms. The van der Waals surface area contributed by atoms with Gasteiger partial charge in [0.25, 0.3) is 0 Å². The van der Waals surface area contributed by atoms with Crippen molar-refractivity contribution in [3.05, 3.63) is 51.2 Å². The van der Waals surface area contributed by atoms with Crippen LogP contribution in [0.1, 0.15) is 0 Å². The standard InChI is InChI=1S/C13H9Br2FO/c1-17-11-7-6-10(16)12(13(11)15)8-2-4-9(14)5-3-8/h2-7H,1H3. The average Bonchev–Trinajstić information content (AvgIpc) is 2.32. The van der Waals surface area contributed by atoms with Crippen LogP contribution in [0.3, 0.4) is 0 Å². The molecule has 0 saturated heterocycles. The molecule has 0 aromatic heterocycles. The molecule has 0 unspecified atom stereocenters. The number of halogens is 3. The molecule has 2 aromatic carbocycles. The lowest BCUT2D eigenvalue weighted by atomic mass is 10.1. The summed E-state index contributed by atoms with van der Waals surface area (Å²) in [5.74, 6) is 0.337. The normalized spacial score (nSPS) is 10.4. The second-order valence-corrected chi connectivity index (χ2v) is 5.15. The van der Waals surface area contributed by atoms with Crippen LogP contribution in [0.2, 0.25) is 0 Å². The van der Waals surface area contributed by atoms with Gasteiger partial charge in [0, 0.05) is 10.0 Å². The maximum Gasteiger partial charge on any atom is 0.133 e. The SMILES string of the molecule is COc1ccc(F)c(-c2ccc(Br)cc2)c1Br. The summed E-state index contributed by atoms with van der Waals surface area (Å²) in [6.07, 6.45) is 0. The third kappa shape index (κ3) is 2.53. The number of rotatable bonds is 2. The zero-order chi connectivity index (χ0) is 12.4. The lowest BCUT2D eigenvalue weighted by Crippen LogP contribution is -1.91. The fourth-order valence-electron chi connectivity index (χ4n) is 1.57. The zero-order valence-corrected chi connectivity index (χ0v) is 12.2. The van der Waals surface area contributed by atoms with Crippen molar-refractivity contribution in [2.24, 2.45) is 0 Å². The first-order chi connectivity index (χ1) is 8.13. The molecule has 0 aliphatic rings. The van der Waals surface area contributed by atoms with Gasteiger partial charge in [-0.15, -0.1) is 0 Å². The van der Waals surface area contributed by atoms with Gasteiger partial charge < -0.3 is 4.74 Å². The summed E-state index contributed by atoms with van der Waals surface area (Å²) < 4.78 is 20.6. The Morgan fingerprint density at radius 2 is 1.65 bits per heavy atom. The summed E-state index contributed by atoms with van der Waals surface area (Å²) in [5, 5.41) is 0. The van der Waals surface area contributed by atoms with E-state index >= 15 is 0 Å². The minimum absolute atomic E-state index is 0.278. The molecule has 0 aliphatic heterocycles. The van der Waals surface area contributed by atoms with Crippen LogP contribution in [-0.2, 0) is 0 Å². The van der Waals surface area contributed by atoms with E-state index in [9.17, 15) is 4.39 Å². The molecule has 0 N–H and O–H groups in total. The molecular formula is C13H9Br2FO. The lowest BCUT2D eigenvalue weighted by Gasteiger charge is -2.10. The highest BCUT2D eigenvalue weighted by molar-refractivity contribution is 9.11. The summed E-state index contributed by atoms with van der Waals surface area (Å²) in [5.41, 5.74) is 1.31. The van der Waals surface area contributed by atoms with E-state index in [2.05, 4.69) is 31.9 Å². The first-order valence-corrected chi connectivity index (χ1v) is 6.50. The van der Waals surface area contributed by atoms with Gasteiger partial charge in [-0.25, -0.2) is 4.39 Å². The molecule has 0 radical (unpaired) electrons. The van der Waals surface area contributed by atoms with E-state index < -0.39 is 0 Å². The third-order valence-electron chi connectivity index (χ3n) is 2.41. The number of ether oxygens (including phenoxy) is 1. The fourth-order valence-corrected chi connectivity index (χ4v) is 2.55. The fraction of sp³-hybridized carbons (Fsp3) is 0.0769. The first kappa shape index (κ1) is 12.6. The summed E-state index contributed by atoms with van der Waals surface area (Å²) in [6.45, 7) is 0. The molecule has 2 aromatic rings. The predicted molar refractivity (Wildman–Crippen MR) is 73.8 cm³/mol. The molecule has 4 heteroatoms. The molecule has 88 valence electrons. The van der Waals surface area contributed by atoms with Crippen LogP contribution in [0, 0.1) is 5.82 Å². The largest absolute Gasteiger partial charge is 0.496 e. The molecule has 0 saturated carbocycles. The van der Waals surface area contributed by atoms with Crippen molar-refractivity contribution < 1.29 is 9.13 Å². The van der Waals surface area contributed by atoms with E-state index in [1.54, 1.807) is 13.2 Å². The smallest absolute Gasteiger partial charge is 0.133 e. The second kappa shape index (κ2) is 5.19. The van der Waals surface area contributed by atoms with E-state index in [1.165, 1.54) is 6.07 Å². The monoisotopic (exact) mass is 358 g/mol. The van der Waals surface area contributed by atoms with E-state index in [0.29, 0.717) is 15.8 Å². The first-order valence-electron chi connectivity index (χ1n) is 4.91. The summed E-state index contributed by atoms with van der Waals surface area (Å²) in [6, 6.07) is 10.5. The Kier molecular flexibility index (Phi) is 3.84. The Bertz CT molecular complexity index is 538. The van der Waals surface area contributed by atoms with Crippen molar-refractivity contribution in [3.63, 3.8) is 0 Å². The van der Waals surface area contributed by atoms with E-state index in [0.717, 1.165) is 10.0 Å². The van der Waals surface area contributed by atoms with Gasteiger partial charge >= 0.3 is 0 Å². The molecule has 0 aliphatic carbocycles. The summed E-state index contributed by atoms with van der Waals surface area (Å²) in [4.78, 5) is 0. The summed E-state index contributed by atoms with van der Waals surface area (Å²) >= 11 is 6.72. The minimum atomic E-state index is -0.278. The van der Waals surface area contributed by atoms with Crippen molar-refractivity contribution in [3.8, 4) is 16.9 Å². The van der Waals surface area contributed by atoms with Crippen LogP contribution in [-0.4, -0.2) is 7.11 Å². The van der Waals surface area contributed by atoms with Crippen molar-refractivity contribution in [1.82, 2.24) is 0 Å². The maximum absolute atomic E-state index is 13.9. The van der Waals surface area contributed by atoms with Crippen LogP contribution in [0.15, 0.2) is 45.3 Å². The number of benzene rings is 2. The zero-order valence-electron chi connectivity index (χ0n) is 9.01. The van der Waals surface area contributed by atoms with E-state index in [4.69, 9.17) is 4.74 Å². The van der Waals surface area contributed by atoms with Gasteiger partial charge in [0.1, 0.15) is 11.6 Å². The predicted octanol–water partition coefficient (Wildman–Crippen LogP) is 5.03. The lowest BCUT2D eigenvalue weighted by molar-refractivity contribution is 0.411. The summed E-state index contributed by atoms with van der Waals surface area (Å²) in [7, 11) is 1.56. The number of hydrogen-bond acceptors (Lipinski definition) is 1. The van der Waals surface area contributed by atoms with Crippen molar-refractivity contribution >= 4 is 31.9 Å². The van der Waals surface area contributed by atoms with Crippen molar-refractivity contribution in [1.29, 1.82) is 0 Å². The topological polar surface area (TPSA) is 9.23 Å². The molecule has 0 heterocycles. The number of hydrogen-bond donors (Lipinski definition) is 0. The van der Waals surface area contributed by atoms with Crippen LogP contribution >= 0.6 is 31.9 Å². The Morgan fingerprint density at radius 3 is 2.24 bits per heavy atom. The van der Waals surface area contributed by atoms with Crippen LogP contribution < -0.4 is 4.74 Å². The van der Waals surface area contributed by atoms with Gasteiger partial charge in [-0.1, -0.05) is 28.1 Å². The van der Waals surface area contributed by atoms with Gasteiger partial charge in [-0.05, 0) is 45.8 Å². The van der Waals surface area contributed by atoms with Crippen molar-refractivity contribution in [2.75, 3.05) is 7.11 Å². The highest BCUT2D eigenvalue weighted by Crippen LogP contribution is 2.37. The van der Waals surface area contributed by atoms with Gasteiger partial charge in [-0.2, -0.15) is 0 Å². The third-order valence-corrected chi connectivity index (χ3v) is 3.72. The van der Waals surface area contributed by atoms with Crippen LogP contribution in [0.25, 0.3) is 11.1 Å². The van der Waals surface area contributed by atoms with Gasteiger partial charge in [0.05, 0.1) is 11.6 Å². The molecular weight excluding hydrogens is 351 g/mol. The van der Waals surface area contributed by atoms with E-state index in [-0.39, 0.29) is 5.82 Å². The quantitative estimate of drug-likeness (QED) is 0.730. The average molecular weight is 360 g/mol. The number of methoxy groups -OCH3 is 1. The van der Waals surface area contributed by atoms with Crippen LogP contribution in [0.5, 0.6) is 5.75 Å². The highest BCUT2D eigenvalue weighted by atomic mass is 79.9. The van der Waals surface area contributed by atoms with Crippen molar-refractivity contribution in [2.45, 2.75) is 0 Å². The van der Waals surface area contributed by atoms with Crippen LogP contribution in [0.4, 0.5) is 4.39 Å². The molecule has 1 nitrogen and oxygen atoms in total. The molecule has 0 atom stereocenters. The maximum atomic E-state index is 13.9. The Hall–Kier alpha value is -0.870. The molecule has 0 fully saturated rings. The van der Waals surface area contributed by atoms with E-state index in [1.807, 2.05) is 24.3 Å². The molecule has 2 rings (SSSR count). The van der Waals surface area contributed by atoms with Gasteiger partial charge in [0.15, 0.2) is 0 Å². The Labute approximate surface area is 116 Å². The minimum Gasteiger partial charge on any atom is -0.496 e. The Morgan fingerprint density at radius 1 is 1.00 bits per heavy atom. The van der Waals surface area contributed by atoms with Gasteiger partial charge in [-0.3, -0.25) is 0 Å². The highest BCUT2D eigenvalue weighted by Gasteiger charge is 2.13.